The maximum absolute atomic E-state index is 10.4. The van der Waals surface area contributed by atoms with Gasteiger partial charge in [0.2, 0.25) is 0 Å². The molecule has 1 spiro atoms. The van der Waals surface area contributed by atoms with E-state index in [0.29, 0.717) is 5.92 Å². The standard InChI is InChI=1S/C15H19BrO2/c1-2-10-4-3-7-15(10)9-13(17)12-8-11(16)5-6-14(12)18-15/h5-6,8,10,13,17H,2-4,7,9H2,1H3. The van der Waals surface area contributed by atoms with Crippen molar-refractivity contribution < 1.29 is 9.84 Å². The van der Waals surface area contributed by atoms with Crippen molar-refractivity contribution in [3.05, 3.63) is 28.2 Å². The van der Waals surface area contributed by atoms with Crippen LogP contribution < -0.4 is 4.74 Å². The molecule has 3 rings (SSSR count). The van der Waals surface area contributed by atoms with Crippen molar-refractivity contribution in [3.63, 3.8) is 0 Å². The van der Waals surface area contributed by atoms with Gasteiger partial charge >= 0.3 is 0 Å². The first-order valence-corrected chi connectivity index (χ1v) is 7.60. The van der Waals surface area contributed by atoms with Gasteiger partial charge in [-0.25, -0.2) is 0 Å². The van der Waals surface area contributed by atoms with E-state index in [-0.39, 0.29) is 5.60 Å². The summed E-state index contributed by atoms with van der Waals surface area (Å²) in [6.45, 7) is 2.23. The summed E-state index contributed by atoms with van der Waals surface area (Å²) >= 11 is 3.45. The van der Waals surface area contributed by atoms with Gasteiger partial charge in [0.1, 0.15) is 11.4 Å². The predicted molar refractivity (Wildman–Crippen MR) is 74.7 cm³/mol. The zero-order valence-electron chi connectivity index (χ0n) is 10.7. The minimum absolute atomic E-state index is 0.116. The lowest BCUT2D eigenvalue weighted by Gasteiger charge is -2.42. The molecule has 98 valence electrons. The predicted octanol–water partition coefficient (Wildman–Crippen LogP) is 4.21. The Bertz CT molecular complexity index is 460. The lowest BCUT2D eigenvalue weighted by molar-refractivity contribution is -0.0411. The first-order chi connectivity index (χ1) is 8.64. The Hall–Kier alpha value is -0.540. The molecule has 0 amide bonds. The van der Waals surface area contributed by atoms with Gasteiger partial charge in [-0.15, -0.1) is 0 Å². The highest BCUT2D eigenvalue weighted by molar-refractivity contribution is 9.10. The van der Waals surface area contributed by atoms with Gasteiger partial charge in [0.25, 0.3) is 0 Å². The van der Waals surface area contributed by atoms with E-state index in [1.165, 1.54) is 12.8 Å². The quantitative estimate of drug-likeness (QED) is 0.841. The third-order valence-corrected chi connectivity index (χ3v) is 5.07. The van der Waals surface area contributed by atoms with E-state index >= 15 is 0 Å². The fraction of sp³-hybridized carbons (Fsp3) is 0.600. The molecule has 1 saturated carbocycles. The number of aliphatic hydroxyl groups is 1. The van der Waals surface area contributed by atoms with Crippen molar-refractivity contribution in [2.24, 2.45) is 5.92 Å². The molecule has 1 aromatic carbocycles. The molecule has 1 N–H and O–H groups in total. The Kier molecular flexibility index (Phi) is 3.15. The van der Waals surface area contributed by atoms with Crippen LogP contribution in [-0.4, -0.2) is 10.7 Å². The molecule has 0 radical (unpaired) electrons. The Labute approximate surface area is 116 Å². The topological polar surface area (TPSA) is 29.5 Å². The summed E-state index contributed by atoms with van der Waals surface area (Å²) in [7, 11) is 0. The number of benzene rings is 1. The normalized spacial score (nSPS) is 34.4. The highest BCUT2D eigenvalue weighted by Gasteiger charge is 2.48. The SMILES string of the molecule is CCC1CCCC12CC(O)c1cc(Br)ccc1O2. The van der Waals surface area contributed by atoms with Crippen LogP contribution in [0.1, 0.15) is 50.7 Å². The minimum atomic E-state index is -0.390. The summed E-state index contributed by atoms with van der Waals surface area (Å²) in [5, 5.41) is 10.4. The van der Waals surface area contributed by atoms with E-state index in [1.54, 1.807) is 0 Å². The number of hydrogen-bond acceptors (Lipinski definition) is 2. The fourth-order valence-electron chi connectivity index (χ4n) is 3.66. The van der Waals surface area contributed by atoms with Crippen molar-refractivity contribution in [2.75, 3.05) is 0 Å². The largest absolute Gasteiger partial charge is 0.486 e. The molecule has 2 nitrogen and oxygen atoms in total. The van der Waals surface area contributed by atoms with Gasteiger partial charge in [-0.05, 0) is 49.8 Å². The second-order valence-electron chi connectivity index (χ2n) is 5.57. The van der Waals surface area contributed by atoms with Crippen molar-refractivity contribution >= 4 is 15.9 Å². The van der Waals surface area contributed by atoms with Crippen LogP contribution in [0.25, 0.3) is 0 Å². The van der Waals surface area contributed by atoms with Crippen LogP contribution in [0.4, 0.5) is 0 Å². The summed E-state index contributed by atoms with van der Waals surface area (Å²) in [5.41, 5.74) is 0.811. The Morgan fingerprint density at radius 1 is 1.50 bits per heavy atom. The molecule has 3 atom stereocenters. The highest BCUT2D eigenvalue weighted by Crippen LogP contribution is 2.51. The van der Waals surface area contributed by atoms with E-state index in [9.17, 15) is 5.11 Å². The number of halogens is 1. The van der Waals surface area contributed by atoms with Crippen LogP contribution in [0.3, 0.4) is 0 Å². The zero-order valence-corrected chi connectivity index (χ0v) is 12.2. The van der Waals surface area contributed by atoms with Crippen LogP contribution in [0.15, 0.2) is 22.7 Å². The summed E-state index contributed by atoms with van der Waals surface area (Å²) < 4.78 is 7.33. The van der Waals surface area contributed by atoms with Gasteiger partial charge in [-0.1, -0.05) is 22.9 Å². The summed E-state index contributed by atoms with van der Waals surface area (Å²) in [5.74, 6) is 1.46. The van der Waals surface area contributed by atoms with Gasteiger partial charge < -0.3 is 9.84 Å². The van der Waals surface area contributed by atoms with E-state index < -0.39 is 6.10 Å². The second-order valence-corrected chi connectivity index (χ2v) is 6.48. The van der Waals surface area contributed by atoms with Crippen LogP contribution in [0.2, 0.25) is 0 Å². The molecule has 0 saturated heterocycles. The van der Waals surface area contributed by atoms with Gasteiger partial charge in [-0.2, -0.15) is 0 Å². The van der Waals surface area contributed by atoms with Gasteiger partial charge in [0.15, 0.2) is 0 Å². The molecular weight excluding hydrogens is 292 g/mol. The van der Waals surface area contributed by atoms with Gasteiger partial charge in [0.05, 0.1) is 6.10 Å². The molecule has 2 aliphatic rings. The molecule has 1 aliphatic heterocycles. The summed E-state index contributed by atoms with van der Waals surface area (Å²) in [6.07, 6.45) is 5.02. The number of hydrogen-bond donors (Lipinski definition) is 1. The van der Waals surface area contributed by atoms with Gasteiger partial charge in [0, 0.05) is 16.5 Å². The van der Waals surface area contributed by atoms with E-state index in [1.807, 2.05) is 18.2 Å². The molecule has 3 unspecified atom stereocenters. The molecule has 0 bridgehead atoms. The number of ether oxygens (including phenoxy) is 1. The molecule has 18 heavy (non-hydrogen) atoms. The maximum atomic E-state index is 10.4. The van der Waals surface area contributed by atoms with Crippen LogP contribution in [0, 0.1) is 5.92 Å². The molecule has 1 aliphatic carbocycles. The van der Waals surface area contributed by atoms with E-state index in [0.717, 1.165) is 35.0 Å². The first-order valence-electron chi connectivity index (χ1n) is 6.81. The Morgan fingerprint density at radius 2 is 2.33 bits per heavy atom. The van der Waals surface area contributed by atoms with Crippen LogP contribution >= 0.6 is 15.9 Å². The lowest BCUT2D eigenvalue weighted by atomic mass is 9.80. The molecule has 3 heteroatoms. The molecule has 1 heterocycles. The van der Waals surface area contributed by atoms with Crippen molar-refractivity contribution in [3.8, 4) is 5.75 Å². The third kappa shape index (κ3) is 1.88. The number of rotatable bonds is 1. The van der Waals surface area contributed by atoms with Crippen molar-refractivity contribution in [2.45, 2.75) is 50.7 Å². The number of fused-ring (bicyclic) bond motifs is 1. The van der Waals surface area contributed by atoms with Gasteiger partial charge in [-0.3, -0.25) is 0 Å². The zero-order chi connectivity index (χ0) is 12.8. The smallest absolute Gasteiger partial charge is 0.126 e. The molecule has 1 fully saturated rings. The van der Waals surface area contributed by atoms with Crippen LogP contribution in [-0.2, 0) is 0 Å². The van der Waals surface area contributed by atoms with E-state index in [2.05, 4.69) is 22.9 Å². The molecule has 1 aromatic rings. The third-order valence-electron chi connectivity index (χ3n) is 4.57. The monoisotopic (exact) mass is 310 g/mol. The maximum Gasteiger partial charge on any atom is 0.126 e. The lowest BCUT2D eigenvalue weighted by Crippen LogP contribution is -2.44. The Morgan fingerprint density at radius 3 is 3.11 bits per heavy atom. The number of aliphatic hydroxyl groups excluding tert-OH is 1. The summed E-state index contributed by atoms with van der Waals surface area (Å²) in [4.78, 5) is 0. The van der Waals surface area contributed by atoms with Crippen molar-refractivity contribution in [1.29, 1.82) is 0 Å². The first kappa shape index (κ1) is 12.5. The Balaban J connectivity index is 1.98. The average molecular weight is 311 g/mol. The van der Waals surface area contributed by atoms with Crippen molar-refractivity contribution in [1.82, 2.24) is 0 Å². The van der Waals surface area contributed by atoms with E-state index in [4.69, 9.17) is 4.74 Å². The highest BCUT2D eigenvalue weighted by atomic mass is 79.9. The second kappa shape index (κ2) is 4.53. The average Bonchev–Trinajstić information content (AvgIpc) is 2.72. The fourth-order valence-corrected chi connectivity index (χ4v) is 4.04. The molecule has 0 aromatic heterocycles. The van der Waals surface area contributed by atoms with Crippen LogP contribution in [0.5, 0.6) is 5.75 Å². The minimum Gasteiger partial charge on any atom is -0.486 e. The molecular formula is C15H19BrO2. The summed E-state index contributed by atoms with van der Waals surface area (Å²) in [6, 6.07) is 5.94.